The molecule has 0 spiro atoms. The van der Waals surface area contributed by atoms with Gasteiger partial charge < -0.3 is 4.74 Å². The number of aryl methyl sites for hydroxylation is 2. The van der Waals surface area contributed by atoms with Gasteiger partial charge in [0.1, 0.15) is 5.75 Å². The van der Waals surface area contributed by atoms with Gasteiger partial charge in [0.15, 0.2) is 0 Å². The zero-order valence-corrected chi connectivity index (χ0v) is 16.7. The summed E-state index contributed by atoms with van der Waals surface area (Å²) in [6.45, 7) is 2.01. The number of nitro benzene ring substituents is 1. The van der Waals surface area contributed by atoms with Crippen molar-refractivity contribution in [1.29, 1.82) is 0 Å². The largest absolute Gasteiger partial charge is 0.497 e. The van der Waals surface area contributed by atoms with Crippen LogP contribution in [0.1, 0.15) is 29.5 Å². The van der Waals surface area contributed by atoms with Crippen LogP contribution in [0.4, 0.5) is 5.69 Å². The zero-order valence-electron chi connectivity index (χ0n) is 15.1. The molecule has 2 rings (SSSR count). The Hall–Kier alpha value is -2.74. The second-order valence-corrected chi connectivity index (χ2v) is 6.76. The van der Waals surface area contributed by atoms with Crippen molar-refractivity contribution in [2.75, 3.05) is 7.11 Å². The minimum absolute atomic E-state index is 0.0554. The number of hydrazone groups is 1. The molecule has 0 atom stereocenters. The van der Waals surface area contributed by atoms with Crippen LogP contribution in [0.2, 0.25) is 0 Å². The van der Waals surface area contributed by atoms with E-state index in [4.69, 9.17) is 4.74 Å². The highest BCUT2D eigenvalue weighted by Gasteiger charge is 2.11. The van der Waals surface area contributed by atoms with E-state index in [-0.39, 0.29) is 11.6 Å². The number of carbonyl (C=O) groups is 1. The quantitative estimate of drug-likeness (QED) is 0.384. The van der Waals surface area contributed by atoms with E-state index in [1.54, 1.807) is 19.2 Å². The van der Waals surface area contributed by atoms with E-state index in [2.05, 4.69) is 26.5 Å². The molecular weight excluding hydrogens is 414 g/mol. The SMILES string of the molecule is COc1ccc(CCCC(=O)N/N=C\c2ccc(Br)c([N+](=O)[O-])c2)c(C)c1. The summed E-state index contributed by atoms with van der Waals surface area (Å²) in [6, 6.07) is 10.5. The number of hydrogen-bond donors (Lipinski definition) is 1. The maximum Gasteiger partial charge on any atom is 0.284 e. The van der Waals surface area contributed by atoms with Gasteiger partial charge in [-0.3, -0.25) is 14.9 Å². The second kappa shape index (κ2) is 9.82. The highest BCUT2D eigenvalue weighted by molar-refractivity contribution is 9.10. The lowest BCUT2D eigenvalue weighted by atomic mass is 10.0. The summed E-state index contributed by atoms with van der Waals surface area (Å²) in [5.41, 5.74) is 5.22. The molecule has 0 saturated heterocycles. The normalized spacial score (nSPS) is 10.8. The summed E-state index contributed by atoms with van der Waals surface area (Å²) in [4.78, 5) is 22.3. The summed E-state index contributed by atoms with van der Waals surface area (Å²) in [5.74, 6) is 0.612. The molecule has 0 aliphatic rings. The molecule has 0 fully saturated rings. The molecule has 7 nitrogen and oxygen atoms in total. The van der Waals surface area contributed by atoms with Gasteiger partial charge in [-0.1, -0.05) is 12.1 Å². The number of benzene rings is 2. The highest BCUT2D eigenvalue weighted by atomic mass is 79.9. The number of ether oxygens (including phenoxy) is 1. The zero-order chi connectivity index (χ0) is 19.8. The fourth-order valence-electron chi connectivity index (χ4n) is 2.50. The van der Waals surface area contributed by atoms with Crippen LogP contribution < -0.4 is 10.2 Å². The molecule has 2 aromatic rings. The number of nitro groups is 1. The number of hydrogen-bond acceptors (Lipinski definition) is 5. The second-order valence-electron chi connectivity index (χ2n) is 5.91. The summed E-state index contributed by atoms with van der Waals surface area (Å²) in [7, 11) is 1.63. The molecule has 2 aromatic carbocycles. The van der Waals surface area contributed by atoms with Gasteiger partial charge in [-0.25, -0.2) is 5.43 Å². The maximum atomic E-state index is 11.9. The molecule has 0 aliphatic heterocycles. The van der Waals surface area contributed by atoms with Crippen molar-refractivity contribution in [2.45, 2.75) is 26.2 Å². The van der Waals surface area contributed by atoms with Crippen molar-refractivity contribution in [2.24, 2.45) is 5.10 Å². The predicted molar refractivity (Wildman–Crippen MR) is 107 cm³/mol. The van der Waals surface area contributed by atoms with Gasteiger partial charge in [-0.15, -0.1) is 0 Å². The summed E-state index contributed by atoms with van der Waals surface area (Å²) in [6.07, 6.45) is 3.19. The average molecular weight is 434 g/mol. The molecule has 0 bridgehead atoms. The lowest BCUT2D eigenvalue weighted by Crippen LogP contribution is -2.17. The topological polar surface area (TPSA) is 93.8 Å². The molecule has 0 saturated carbocycles. The van der Waals surface area contributed by atoms with Crippen LogP contribution in [0.15, 0.2) is 46.0 Å². The molecule has 27 heavy (non-hydrogen) atoms. The molecular formula is C19H20BrN3O4. The smallest absolute Gasteiger partial charge is 0.284 e. The van der Waals surface area contributed by atoms with Gasteiger partial charge in [0.05, 0.1) is 22.7 Å². The van der Waals surface area contributed by atoms with Crippen LogP contribution in [-0.4, -0.2) is 24.2 Å². The lowest BCUT2D eigenvalue weighted by Gasteiger charge is -2.07. The van der Waals surface area contributed by atoms with Gasteiger partial charge in [0.2, 0.25) is 5.91 Å². The molecule has 0 heterocycles. The van der Waals surface area contributed by atoms with E-state index in [0.29, 0.717) is 22.9 Å². The molecule has 0 aliphatic carbocycles. The maximum absolute atomic E-state index is 11.9. The van der Waals surface area contributed by atoms with Crippen molar-refractivity contribution >= 4 is 33.7 Å². The summed E-state index contributed by atoms with van der Waals surface area (Å²) < 4.78 is 5.57. The van der Waals surface area contributed by atoms with Crippen LogP contribution in [0.5, 0.6) is 5.75 Å². The molecule has 1 N–H and O–H groups in total. The van der Waals surface area contributed by atoms with Crippen molar-refractivity contribution < 1.29 is 14.5 Å². The number of carbonyl (C=O) groups excluding carboxylic acids is 1. The van der Waals surface area contributed by atoms with Gasteiger partial charge in [0.25, 0.3) is 5.69 Å². The Morgan fingerprint density at radius 3 is 2.78 bits per heavy atom. The van der Waals surface area contributed by atoms with Crippen LogP contribution >= 0.6 is 15.9 Å². The van der Waals surface area contributed by atoms with Gasteiger partial charge in [0, 0.05) is 18.1 Å². The molecule has 0 radical (unpaired) electrons. The Balaban J connectivity index is 1.82. The Morgan fingerprint density at radius 1 is 1.33 bits per heavy atom. The Labute approximate surface area is 165 Å². The van der Waals surface area contributed by atoms with Crippen molar-refractivity contribution in [1.82, 2.24) is 5.43 Å². The van der Waals surface area contributed by atoms with Gasteiger partial charge in [-0.05, 0) is 65.0 Å². The van der Waals surface area contributed by atoms with Crippen molar-refractivity contribution in [3.63, 3.8) is 0 Å². The molecule has 0 aromatic heterocycles. The Bertz CT molecular complexity index is 868. The third-order valence-corrected chi connectivity index (χ3v) is 4.64. The van der Waals surface area contributed by atoms with Crippen LogP contribution in [-0.2, 0) is 11.2 Å². The Morgan fingerprint density at radius 2 is 2.11 bits per heavy atom. The van der Waals surface area contributed by atoms with E-state index in [0.717, 1.165) is 17.7 Å². The standard InChI is InChI=1S/C19H20BrN3O4/c1-13-10-16(27-2)8-7-15(13)4-3-5-19(24)22-21-12-14-6-9-17(20)18(11-14)23(25)26/h6-12H,3-5H2,1-2H3,(H,22,24)/b21-12-. The molecule has 1 amide bonds. The number of methoxy groups -OCH3 is 1. The number of nitrogens with one attached hydrogen (secondary N) is 1. The number of rotatable bonds is 8. The lowest BCUT2D eigenvalue weighted by molar-refractivity contribution is -0.385. The molecule has 0 unspecified atom stereocenters. The van der Waals surface area contributed by atoms with Crippen LogP contribution in [0.3, 0.4) is 0 Å². The minimum atomic E-state index is -0.485. The van der Waals surface area contributed by atoms with Gasteiger partial charge >= 0.3 is 0 Å². The monoisotopic (exact) mass is 433 g/mol. The van der Waals surface area contributed by atoms with Crippen molar-refractivity contribution in [3.8, 4) is 5.75 Å². The first-order chi connectivity index (χ1) is 12.9. The number of amides is 1. The fourth-order valence-corrected chi connectivity index (χ4v) is 2.89. The first-order valence-electron chi connectivity index (χ1n) is 8.30. The predicted octanol–water partition coefficient (Wildman–Crippen LogP) is 4.15. The van der Waals surface area contributed by atoms with E-state index in [9.17, 15) is 14.9 Å². The first kappa shape index (κ1) is 20.6. The number of nitrogens with zero attached hydrogens (tertiary/aromatic N) is 2. The van der Waals surface area contributed by atoms with E-state index >= 15 is 0 Å². The Kier molecular flexibility index (Phi) is 7.48. The number of halogens is 1. The van der Waals surface area contributed by atoms with Gasteiger partial charge in [-0.2, -0.15) is 5.10 Å². The minimum Gasteiger partial charge on any atom is -0.497 e. The van der Waals surface area contributed by atoms with Crippen LogP contribution in [0.25, 0.3) is 0 Å². The molecule has 8 heteroatoms. The highest BCUT2D eigenvalue weighted by Crippen LogP contribution is 2.25. The third-order valence-electron chi connectivity index (χ3n) is 3.97. The van der Waals surface area contributed by atoms with E-state index in [1.807, 2.05) is 25.1 Å². The summed E-state index contributed by atoms with van der Waals surface area (Å²) >= 11 is 3.12. The first-order valence-corrected chi connectivity index (χ1v) is 9.09. The van der Waals surface area contributed by atoms with E-state index in [1.165, 1.54) is 17.8 Å². The average Bonchev–Trinajstić information content (AvgIpc) is 2.64. The van der Waals surface area contributed by atoms with E-state index < -0.39 is 4.92 Å². The summed E-state index contributed by atoms with van der Waals surface area (Å²) in [5, 5.41) is 14.8. The third kappa shape index (κ3) is 6.18. The van der Waals surface area contributed by atoms with Crippen LogP contribution in [0, 0.1) is 17.0 Å². The molecule has 142 valence electrons. The van der Waals surface area contributed by atoms with Crippen molar-refractivity contribution in [3.05, 3.63) is 67.7 Å². The fraction of sp³-hybridized carbons (Fsp3) is 0.263.